The maximum absolute atomic E-state index is 12.5. The van der Waals surface area contributed by atoms with Gasteiger partial charge in [0.25, 0.3) is 5.91 Å². The number of amides is 1. The van der Waals surface area contributed by atoms with Gasteiger partial charge in [-0.15, -0.1) is 0 Å². The minimum Gasteiger partial charge on any atom is -0.497 e. The Labute approximate surface area is 180 Å². The van der Waals surface area contributed by atoms with Gasteiger partial charge in [-0.1, -0.05) is 30.3 Å². The number of ether oxygens (including phenoxy) is 2. The first-order chi connectivity index (χ1) is 15.0. The van der Waals surface area contributed by atoms with Crippen molar-refractivity contribution < 1.29 is 19.1 Å². The van der Waals surface area contributed by atoms with E-state index in [9.17, 15) is 14.9 Å². The summed E-state index contributed by atoms with van der Waals surface area (Å²) in [7, 11) is 1.54. The van der Waals surface area contributed by atoms with Gasteiger partial charge in [0, 0.05) is 5.69 Å². The van der Waals surface area contributed by atoms with E-state index in [4.69, 9.17) is 9.47 Å². The van der Waals surface area contributed by atoms with Crippen molar-refractivity contribution in [3.63, 3.8) is 0 Å². The molecule has 0 heterocycles. The van der Waals surface area contributed by atoms with Crippen LogP contribution < -0.4 is 14.8 Å². The van der Waals surface area contributed by atoms with Crippen LogP contribution in [0.3, 0.4) is 0 Å². The summed E-state index contributed by atoms with van der Waals surface area (Å²) in [5, 5.41) is 12.2. The zero-order valence-electron chi connectivity index (χ0n) is 17.1. The molecule has 0 bridgehead atoms. The van der Waals surface area contributed by atoms with E-state index in [0.717, 1.165) is 5.56 Å². The fourth-order valence-electron chi connectivity index (χ4n) is 2.78. The third-order valence-electron chi connectivity index (χ3n) is 4.46. The van der Waals surface area contributed by atoms with Crippen LogP contribution in [0.2, 0.25) is 0 Å². The van der Waals surface area contributed by atoms with Gasteiger partial charge in [-0.25, -0.2) is 4.79 Å². The molecule has 0 aliphatic rings. The molecular formula is C25H20N2O4. The Morgan fingerprint density at radius 1 is 0.968 bits per heavy atom. The number of anilines is 1. The number of carbonyl (C=O) groups excluding carboxylic acids is 2. The summed E-state index contributed by atoms with van der Waals surface area (Å²) in [6.45, 7) is 1.87. The summed E-state index contributed by atoms with van der Waals surface area (Å²) in [4.78, 5) is 24.9. The SMILES string of the molecule is COc1ccc(C(=O)Oc2cccc(/C=C(\C#N)C(=O)Nc3ccccc3C)c2)cc1. The normalized spacial score (nSPS) is 10.7. The van der Waals surface area contributed by atoms with E-state index >= 15 is 0 Å². The van der Waals surface area contributed by atoms with Crippen LogP contribution in [0.25, 0.3) is 6.08 Å². The molecule has 6 heteroatoms. The molecule has 0 saturated heterocycles. The van der Waals surface area contributed by atoms with Crippen molar-refractivity contribution in [3.05, 3.63) is 95.1 Å². The number of hydrogen-bond donors (Lipinski definition) is 1. The average molecular weight is 412 g/mol. The Morgan fingerprint density at radius 2 is 1.71 bits per heavy atom. The Morgan fingerprint density at radius 3 is 2.39 bits per heavy atom. The van der Waals surface area contributed by atoms with Crippen molar-refractivity contribution >= 4 is 23.6 Å². The van der Waals surface area contributed by atoms with Gasteiger partial charge in [-0.2, -0.15) is 5.26 Å². The molecule has 0 aliphatic carbocycles. The highest BCUT2D eigenvalue weighted by molar-refractivity contribution is 6.10. The minimum atomic E-state index is -0.526. The number of nitrogens with zero attached hydrogens (tertiary/aromatic N) is 1. The predicted octanol–water partition coefficient (Wildman–Crippen LogP) is 4.77. The first kappa shape index (κ1) is 21.3. The molecule has 0 atom stereocenters. The first-order valence-electron chi connectivity index (χ1n) is 9.45. The van der Waals surface area contributed by atoms with Crippen molar-refractivity contribution in [1.29, 1.82) is 5.26 Å². The summed E-state index contributed by atoms with van der Waals surface area (Å²) in [6, 6.07) is 22.4. The monoisotopic (exact) mass is 412 g/mol. The zero-order valence-corrected chi connectivity index (χ0v) is 17.1. The topological polar surface area (TPSA) is 88.4 Å². The number of hydrogen-bond acceptors (Lipinski definition) is 5. The number of esters is 1. The smallest absolute Gasteiger partial charge is 0.343 e. The van der Waals surface area contributed by atoms with Crippen molar-refractivity contribution in [1.82, 2.24) is 0 Å². The molecule has 1 N–H and O–H groups in total. The lowest BCUT2D eigenvalue weighted by atomic mass is 10.1. The Hall–Kier alpha value is -4.37. The standard InChI is InChI=1S/C25H20N2O4/c1-17-6-3-4-9-23(17)27-24(28)20(16-26)14-18-7-5-8-22(15-18)31-25(29)19-10-12-21(30-2)13-11-19/h3-15H,1-2H3,(H,27,28)/b20-14+. The van der Waals surface area contributed by atoms with E-state index in [2.05, 4.69) is 5.32 Å². The molecule has 3 aromatic rings. The molecule has 1 amide bonds. The van der Waals surface area contributed by atoms with Crippen molar-refractivity contribution in [3.8, 4) is 17.6 Å². The molecule has 3 aromatic carbocycles. The van der Waals surface area contributed by atoms with Gasteiger partial charge in [0.1, 0.15) is 23.1 Å². The van der Waals surface area contributed by atoms with Crippen LogP contribution in [0.4, 0.5) is 5.69 Å². The number of methoxy groups -OCH3 is 1. The lowest BCUT2D eigenvalue weighted by Gasteiger charge is -2.08. The van der Waals surface area contributed by atoms with Crippen LogP contribution in [-0.4, -0.2) is 19.0 Å². The number of para-hydroxylation sites is 1. The van der Waals surface area contributed by atoms with Gasteiger partial charge in [0.15, 0.2) is 0 Å². The van der Waals surface area contributed by atoms with Gasteiger partial charge in [-0.3, -0.25) is 4.79 Å². The second-order valence-electron chi connectivity index (χ2n) is 6.63. The Balaban J connectivity index is 1.75. The number of carbonyl (C=O) groups is 2. The number of aryl methyl sites for hydroxylation is 1. The van der Waals surface area contributed by atoms with Gasteiger partial charge in [0.2, 0.25) is 0 Å². The van der Waals surface area contributed by atoms with E-state index in [1.165, 1.54) is 6.08 Å². The molecular weight excluding hydrogens is 392 g/mol. The Bertz CT molecular complexity index is 1170. The number of nitriles is 1. The van der Waals surface area contributed by atoms with Crippen LogP contribution in [0.5, 0.6) is 11.5 Å². The molecule has 6 nitrogen and oxygen atoms in total. The lowest BCUT2D eigenvalue weighted by molar-refractivity contribution is -0.112. The van der Waals surface area contributed by atoms with Crippen molar-refractivity contribution in [2.24, 2.45) is 0 Å². The van der Waals surface area contributed by atoms with Crippen LogP contribution in [0.1, 0.15) is 21.5 Å². The highest BCUT2D eigenvalue weighted by atomic mass is 16.5. The van der Waals surface area contributed by atoms with Gasteiger partial charge < -0.3 is 14.8 Å². The second-order valence-corrected chi connectivity index (χ2v) is 6.63. The van der Waals surface area contributed by atoms with Crippen LogP contribution >= 0.6 is 0 Å². The largest absolute Gasteiger partial charge is 0.497 e. The molecule has 0 fully saturated rings. The highest BCUT2D eigenvalue weighted by Crippen LogP contribution is 2.20. The predicted molar refractivity (Wildman–Crippen MR) is 118 cm³/mol. The lowest BCUT2D eigenvalue weighted by Crippen LogP contribution is -2.14. The van der Waals surface area contributed by atoms with E-state index in [0.29, 0.717) is 28.3 Å². The van der Waals surface area contributed by atoms with E-state index in [-0.39, 0.29) is 5.57 Å². The average Bonchev–Trinajstić information content (AvgIpc) is 2.79. The van der Waals surface area contributed by atoms with Crippen molar-refractivity contribution in [2.75, 3.05) is 12.4 Å². The van der Waals surface area contributed by atoms with E-state index in [1.807, 2.05) is 25.1 Å². The molecule has 0 unspecified atom stereocenters. The van der Waals surface area contributed by atoms with Gasteiger partial charge >= 0.3 is 5.97 Å². The summed E-state index contributed by atoms with van der Waals surface area (Å²) >= 11 is 0. The molecule has 0 saturated carbocycles. The molecule has 31 heavy (non-hydrogen) atoms. The molecule has 154 valence electrons. The maximum atomic E-state index is 12.5. The van der Waals surface area contributed by atoms with E-state index in [1.54, 1.807) is 67.8 Å². The third kappa shape index (κ3) is 5.58. The molecule has 0 radical (unpaired) electrons. The second kappa shape index (κ2) is 9.90. The molecule has 3 rings (SSSR count). The van der Waals surface area contributed by atoms with Gasteiger partial charge in [-0.05, 0) is 66.6 Å². The molecule has 0 aromatic heterocycles. The first-order valence-corrected chi connectivity index (χ1v) is 9.45. The van der Waals surface area contributed by atoms with Crippen LogP contribution in [0.15, 0.2) is 78.4 Å². The summed E-state index contributed by atoms with van der Waals surface area (Å²) in [5.74, 6) is -0.109. The minimum absolute atomic E-state index is 0.0677. The summed E-state index contributed by atoms with van der Waals surface area (Å²) in [5.41, 5.74) is 2.38. The number of nitrogens with one attached hydrogen (secondary N) is 1. The fourth-order valence-corrected chi connectivity index (χ4v) is 2.78. The van der Waals surface area contributed by atoms with E-state index < -0.39 is 11.9 Å². The highest BCUT2D eigenvalue weighted by Gasteiger charge is 2.12. The number of rotatable bonds is 6. The van der Waals surface area contributed by atoms with Crippen molar-refractivity contribution in [2.45, 2.75) is 6.92 Å². The zero-order chi connectivity index (χ0) is 22.2. The quantitative estimate of drug-likeness (QED) is 0.273. The number of benzene rings is 3. The third-order valence-corrected chi connectivity index (χ3v) is 4.46. The maximum Gasteiger partial charge on any atom is 0.343 e. The summed E-state index contributed by atoms with van der Waals surface area (Å²) < 4.78 is 10.5. The van der Waals surface area contributed by atoms with Gasteiger partial charge in [0.05, 0.1) is 12.7 Å². The molecule has 0 aliphatic heterocycles. The fraction of sp³-hybridized carbons (Fsp3) is 0.0800. The summed E-state index contributed by atoms with van der Waals surface area (Å²) in [6.07, 6.45) is 1.44. The molecule has 0 spiro atoms. The Kier molecular flexibility index (Phi) is 6.82. The van der Waals surface area contributed by atoms with Crippen LogP contribution in [0, 0.1) is 18.3 Å². The van der Waals surface area contributed by atoms with Crippen LogP contribution in [-0.2, 0) is 4.79 Å².